The van der Waals surface area contributed by atoms with Gasteiger partial charge in [0.2, 0.25) is 5.91 Å². The first-order chi connectivity index (χ1) is 17.3. The van der Waals surface area contributed by atoms with Gasteiger partial charge in [0, 0.05) is 56.6 Å². The number of nitrogens with zero attached hydrogens (tertiary/aromatic N) is 3. The minimum atomic E-state index is -1.02. The molecule has 1 saturated heterocycles. The Morgan fingerprint density at radius 2 is 2.00 bits per heavy atom. The molecule has 2 heterocycles. The summed E-state index contributed by atoms with van der Waals surface area (Å²) in [6.07, 6.45) is 6.98. The fraction of sp³-hybridized carbons (Fsp3) is 0.444. The lowest BCUT2D eigenvalue weighted by molar-refractivity contribution is -0.139. The van der Waals surface area contributed by atoms with Crippen LogP contribution >= 0.6 is 15.9 Å². The number of likely N-dealkylation sites (tertiary alicyclic amines) is 1. The molecular formula is C27H32BrN3O5. The van der Waals surface area contributed by atoms with E-state index in [4.69, 9.17) is 4.74 Å². The number of aromatic nitrogens is 1. The quantitative estimate of drug-likeness (QED) is 0.528. The molecule has 2 aromatic rings. The number of carbonyl (C=O) groups excluding carboxylic acids is 1. The Morgan fingerprint density at radius 3 is 2.67 bits per heavy atom. The van der Waals surface area contributed by atoms with Gasteiger partial charge in [-0.25, -0.2) is 4.79 Å². The van der Waals surface area contributed by atoms with E-state index < -0.39 is 12.0 Å². The molecule has 0 bridgehead atoms. The Labute approximate surface area is 219 Å². The molecule has 4 rings (SSSR count). The van der Waals surface area contributed by atoms with E-state index in [1.54, 1.807) is 26.4 Å². The maximum atomic E-state index is 14.0. The molecule has 2 atom stereocenters. The van der Waals surface area contributed by atoms with Crippen LogP contribution in [-0.2, 0) is 23.1 Å². The highest BCUT2D eigenvalue weighted by atomic mass is 79.9. The van der Waals surface area contributed by atoms with Crippen LogP contribution in [0.5, 0.6) is 0 Å². The zero-order chi connectivity index (χ0) is 25.8. The number of carboxylic acid groups (broad SMARTS) is 1. The Hall–Kier alpha value is -2.91. The average Bonchev–Trinajstić information content (AvgIpc) is 3.69. The van der Waals surface area contributed by atoms with Crippen LogP contribution in [0.15, 0.2) is 51.9 Å². The first-order valence-electron chi connectivity index (χ1n) is 12.2. The fourth-order valence-corrected chi connectivity index (χ4v) is 5.45. The lowest BCUT2D eigenvalue weighted by atomic mass is 9.79. The molecule has 1 aliphatic carbocycles. The number of halogens is 1. The molecule has 2 fully saturated rings. The monoisotopic (exact) mass is 557 g/mol. The number of piperidine rings is 1. The molecule has 2 amide bonds. The van der Waals surface area contributed by atoms with Crippen LogP contribution in [0.2, 0.25) is 0 Å². The second-order valence-electron chi connectivity index (χ2n) is 9.59. The van der Waals surface area contributed by atoms with E-state index >= 15 is 0 Å². The Bertz CT molecular complexity index is 1210. The number of rotatable bonds is 8. The zero-order valence-corrected chi connectivity index (χ0v) is 22.2. The number of methoxy groups -OCH3 is 1. The second-order valence-corrected chi connectivity index (χ2v) is 10.5. The molecule has 0 radical (unpaired) electrons. The van der Waals surface area contributed by atoms with Crippen molar-refractivity contribution in [3.05, 3.63) is 74.1 Å². The standard InChI is InChI=1S/C27H32BrN3O5/c1-29-9-7-20(15-25(29)32)23-8-10-30(27(34)35)17-24(23)26(33)31(22-5-6-22)16-19-12-18(4-3-11-36-2)13-21(28)14-19/h3-4,7,9,12-15,22-24H,5-6,8,10-11,16-17H2,1-2H3,(H,34,35). The van der Waals surface area contributed by atoms with Crippen LogP contribution in [0.4, 0.5) is 4.79 Å². The van der Waals surface area contributed by atoms with Crippen LogP contribution in [0, 0.1) is 5.92 Å². The largest absolute Gasteiger partial charge is 0.465 e. The van der Waals surface area contributed by atoms with Gasteiger partial charge < -0.3 is 24.2 Å². The van der Waals surface area contributed by atoms with Crippen molar-refractivity contribution in [3.63, 3.8) is 0 Å². The topological polar surface area (TPSA) is 92.1 Å². The highest BCUT2D eigenvalue weighted by molar-refractivity contribution is 9.10. The minimum absolute atomic E-state index is 0.0504. The number of hydrogen-bond acceptors (Lipinski definition) is 4. The van der Waals surface area contributed by atoms with E-state index in [0.29, 0.717) is 26.1 Å². The Morgan fingerprint density at radius 1 is 1.22 bits per heavy atom. The summed E-state index contributed by atoms with van der Waals surface area (Å²) < 4.78 is 7.51. The van der Waals surface area contributed by atoms with Crippen molar-refractivity contribution >= 4 is 34.0 Å². The van der Waals surface area contributed by atoms with Gasteiger partial charge in [-0.15, -0.1) is 0 Å². The summed E-state index contributed by atoms with van der Waals surface area (Å²) in [5.74, 6) is -0.806. The zero-order valence-electron chi connectivity index (χ0n) is 20.6. The summed E-state index contributed by atoms with van der Waals surface area (Å²) in [5.41, 5.74) is 2.66. The van der Waals surface area contributed by atoms with Crippen molar-refractivity contribution in [1.29, 1.82) is 0 Å². The third-order valence-electron chi connectivity index (χ3n) is 6.93. The van der Waals surface area contributed by atoms with Gasteiger partial charge in [-0.05, 0) is 66.1 Å². The van der Waals surface area contributed by atoms with Gasteiger partial charge in [-0.1, -0.05) is 28.1 Å². The molecule has 2 unspecified atom stereocenters. The summed E-state index contributed by atoms with van der Waals surface area (Å²) in [4.78, 5) is 41.4. The van der Waals surface area contributed by atoms with Crippen LogP contribution < -0.4 is 5.56 Å². The molecule has 1 aromatic heterocycles. The molecule has 1 aromatic carbocycles. The maximum absolute atomic E-state index is 14.0. The van der Waals surface area contributed by atoms with Crippen molar-refractivity contribution in [2.75, 3.05) is 26.8 Å². The first kappa shape index (κ1) is 26.2. The highest BCUT2D eigenvalue weighted by Crippen LogP contribution is 2.37. The van der Waals surface area contributed by atoms with Gasteiger partial charge in [0.15, 0.2) is 0 Å². The molecule has 0 spiro atoms. The van der Waals surface area contributed by atoms with Crippen molar-refractivity contribution in [1.82, 2.24) is 14.4 Å². The summed E-state index contributed by atoms with van der Waals surface area (Å²) >= 11 is 3.58. The molecule has 36 heavy (non-hydrogen) atoms. The number of aryl methyl sites for hydroxylation is 1. The molecule has 2 aliphatic rings. The number of amides is 2. The highest BCUT2D eigenvalue weighted by Gasteiger charge is 2.42. The second kappa shape index (κ2) is 11.4. The van der Waals surface area contributed by atoms with Crippen molar-refractivity contribution < 1.29 is 19.4 Å². The summed E-state index contributed by atoms with van der Waals surface area (Å²) in [6, 6.07) is 9.68. The first-order valence-corrected chi connectivity index (χ1v) is 13.0. The van der Waals surface area contributed by atoms with E-state index in [0.717, 1.165) is 34.0 Å². The van der Waals surface area contributed by atoms with E-state index in [1.165, 1.54) is 9.47 Å². The molecule has 1 saturated carbocycles. The van der Waals surface area contributed by atoms with Gasteiger partial charge in [-0.3, -0.25) is 9.59 Å². The van der Waals surface area contributed by atoms with Crippen molar-refractivity contribution in [2.24, 2.45) is 13.0 Å². The van der Waals surface area contributed by atoms with Gasteiger partial charge >= 0.3 is 6.09 Å². The number of benzene rings is 1. The van der Waals surface area contributed by atoms with E-state index in [-0.39, 0.29) is 30.0 Å². The van der Waals surface area contributed by atoms with Gasteiger partial charge in [0.1, 0.15) is 0 Å². The predicted molar refractivity (Wildman–Crippen MR) is 141 cm³/mol. The van der Waals surface area contributed by atoms with E-state index in [9.17, 15) is 19.5 Å². The number of ether oxygens (including phenoxy) is 1. The smallest absolute Gasteiger partial charge is 0.407 e. The molecule has 1 aliphatic heterocycles. The molecule has 1 N–H and O–H groups in total. The van der Waals surface area contributed by atoms with Crippen molar-refractivity contribution in [3.8, 4) is 0 Å². The summed E-state index contributed by atoms with van der Waals surface area (Å²) in [7, 11) is 3.33. The van der Waals surface area contributed by atoms with Gasteiger partial charge in [-0.2, -0.15) is 0 Å². The molecule has 8 nitrogen and oxygen atoms in total. The van der Waals surface area contributed by atoms with Gasteiger partial charge in [0.25, 0.3) is 5.56 Å². The third kappa shape index (κ3) is 6.25. The van der Waals surface area contributed by atoms with Gasteiger partial charge in [0.05, 0.1) is 12.5 Å². The fourth-order valence-electron chi connectivity index (χ4n) is 4.90. The third-order valence-corrected chi connectivity index (χ3v) is 7.39. The Balaban J connectivity index is 1.62. The minimum Gasteiger partial charge on any atom is -0.465 e. The Kier molecular flexibility index (Phi) is 8.31. The van der Waals surface area contributed by atoms with E-state index in [2.05, 4.69) is 22.0 Å². The number of hydrogen-bond donors (Lipinski definition) is 1. The molecule has 9 heteroatoms. The SMILES string of the molecule is COCC=Cc1cc(Br)cc(CN(C(=O)C2CN(C(=O)O)CCC2c2ccn(C)c(=O)c2)C2CC2)c1. The summed E-state index contributed by atoms with van der Waals surface area (Å²) in [5, 5.41) is 9.65. The summed E-state index contributed by atoms with van der Waals surface area (Å²) in [6.45, 7) is 1.42. The van der Waals surface area contributed by atoms with Crippen LogP contribution in [0.25, 0.3) is 6.08 Å². The number of pyridine rings is 1. The maximum Gasteiger partial charge on any atom is 0.407 e. The predicted octanol–water partition coefficient (Wildman–Crippen LogP) is 4.08. The lowest BCUT2D eigenvalue weighted by Gasteiger charge is -2.39. The van der Waals surface area contributed by atoms with Crippen LogP contribution in [-0.4, -0.2) is 64.3 Å². The molecular weight excluding hydrogens is 526 g/mol. The van der Waals surface area contributed by atoms with Crippen LogP contribution in [0.3, 0.4) is 0 Å². The average molecular weight is 558 g/mol. The van der Waals surface area contributed by atoms with Crippen LogP contribution in [0.1, 0.15) is 41.9 Å². The van der Waals surface area contributed by atoms with Crippen molar-refractivity contribution in [2.45, 2.75) is 37.8 Å². The lowest BCUT2D eigenvalue weighted by Crippen LogP contribution is -2.50. The van der Waals surface area contributed by atoms with E-state index in [1.807, 2.05) is 35.3 Å². The molecule has 192 valence electrons. The normalized spacial score (nSPS) is 20.0. The number of carbonyl (C=O) groups is 2.